The predicted molar refractivity (Wildman–Crippen MR) is 48.1 cm³/mol. The van der Waals surface area contributed by atoms with Gasteiger partial charge in [0.05, 0.1) is 6.61 Å². The maximum Gasteiger partial charge on any atom is 0.222 e. The normalized spacial score (nSPS) is 15.8. The molecule has 0 atom stereocenters. The summed E-state index contributed by atoms with van der Waals surface area (Å²) < 4.78 is 0. The fraction of sp³-hybridized carbons (Fsp3) is 0.889. The summed E-state index contributed by atoms with van der Waals surface area (Å²) in [5.41, 5.74) is 0. The third-order valence-electron chi connectivity index (χ3n) is 2.20. The van der Waals surface area contributed by atoms with Gasteiger partial charge in [-0.25, -0.2) is 0 Å². The molecule has 4 nitrogen and oxygen atoms in total. The van der Waals surface area contributed by atoms with Crippen molar-refractivity contribution < 1.29 is 15.0 Å². The molecule has 0 aromatic carbocycles. The van der Waals surface area contributed by atoms with Gasteiger partial charge < -0.3 is 15.1 Å². The van der Waals surface area contributed by atoms with Gasteiger partial charge in [0.1, 0.15) is 0 Å². The fourth-order valence-corrected chi connectivity index (χ4v) is 1.38. The van der Waals surface area contributed by atoms with Gasteiger partial charge in [0.2, 0.25) is 5.91 Å². The summed E-state index contributed by atoms with van der Waals surface area (Å²) in [5.74, 6) is 0.0607. The maximum atomic E-state index is 11.5. The molecule has 0 radical (unpaired) electrons. The maximum absolute atomic E-state index is 11.5. The Kier molecular flexibility index (Phi) is 4.18. The smallest absolute Gasteiger partial charge is 0.222 e. The molecule has 0 aromatic rings. The molecule has 2 N–H and O–H groups in total. The molecule has 0 unspecified atom stereocenters. The highest BCUT2D eigenvalue weighted by molar-refractivity contribution is 5.76. The molecule has 1 rings (SSSR count). The van der Waals surface area contributed by atoms with E-state index in [2.05, 4.69) is 0 Å². The van der Waals surface area contributed by atoms with Crippen molar-refractivity contribution in [3.05, 3.63) is 0 Å². The number of aliphatic hydroxyl groups excluding tert-OH is 2. The number of carbonyl (C=O) groups is 1. The molecule has 0 heterocycles. The average Bonchev–Trinajstić information content (AvgIpc) is 2.93. The van der Waals surface area contributed by atoms with Crippen LogP contribution in [-0.2, 0) is 4.79 Å². The number of rotatable bonds is 6. The number of carbonyl (C=O) groups excluding carboxylic acids is 1. The van der Waals surface area contributed by atoms with Crippen LogP contribution in [0.5, 0.6) is 0 Å². The van der Waals surface area contributed by atoms with E-state index in [0.717, 1.165) is 12.8 Å². The minimum Gasteiger partial charge on any atom is -0.396 e. The Labute approximate surface area is 78.2 Å². The van der Waals surface area contributed by atoms with Crippen LogP contribution in [0.15, 0.2) is 0 Å². The molecule has 0 saturated heterocycles. The molecule has 0 aliphatic heterocycles. The zero-order valence-electron chi connectivity index (χ0n) is 7.78. The van der Waals surface area contributed by atoms with Crippen molar-refractivity contribution in [3.8, 4) is 0 Å². The Balaban J connectivity index is 2.29. The lowest BCUT2D eigenvalue weighted by Gasteiger charge is -2.20. The summed E-state index contributed by atoms with van der Waals surface area (Å²) in [4.78, 5) is 13.2. The highest BCUT2D eigenvalue weighted by atomic mass is 16.3. The lowest BCUT2D eigenvalue weighted by molar-refractivity contribution is -0.132. The van der Waals surface area contributed by atoms with E-state index in [0.29, 0.717) is 25.4 Å². The largest absolute Gasteiger partial charge is 0.396 e. The minimum absolute atomic E-state index is 0.0291. The van der Waals surface area contributed by atoms with Gasteiger partial charge >= 0.3 is 0 Å². The molecule has 0 spiro atoms. The van der Waals surface area contributed by atoms with Crippen molar-refractivity contribution >= 4 is 5.91 Å². The van der Waals surface area contributed by atoms with E-state index in [1.165, 1.54) is 0 Å². The first-order valence-corrected chi connectivity index (χ1v) is 4.80. The molecule has 13 heavy (non-hydrogen) atoms. The lowest BCUT2D eigenvalue weighted by Crippen LogP contribution is -2.35. The first kappa shape index (κ1) is 10.5. The van der Waals surface area contributed by atoms with Crippen LogP contribution in [0.25, 0.3) is 0 Å². The van der Waals surface area contributed by atoms with Crippen molar-refractivity contribution in [2.75, 3.05) is 19.8 Å². The summed E-state index contributed by atoms with van der Waals surface area (Å²) in [6, 6.07) is 0.360. The third kappa shape index (κ3) is 3.32. The van der Waals surface area contributed by atoms with Crippen LogP contribution in [0.1, 0.15) is 25.7 Å². The van der Waals surface area contributed by atoms with E-state index >= 15 is 0 Å². The number of hydrogen-bond acceptors (Lipinski definition) is 3. The lowest BCUT2D eigenvalue weighted by atomic mass is 10.3. The molecule has 1 fully saturated rings. The second-order valence-electron chi connectivity index (χ2n) is 3.37. The standard InChI is InChI=1S/C9H17NO3/c11-6-1-2-9(13)10(5-7-12)8-3-4-8/h8,11-12H,1-7H2. The first-order chi connectivity index (χ1) is 6.29. The van der Waals surface area contributed by atoms with E-state index < -0.39 is 0 Å². The van der Waals surface area contributed by atoms with Crippen LogP contribution in [0.3, 0.4) is 0 Å². The van der Waals surface area contributed by atoms with Gasteiger partial charge in [-0.1, -0.05) is 0 Å². The monoisotopic (exact) mass is 187 g/mol. The van der Waals surface area contributed by atoms with Crippen LogP contribution >= 0.6 is 0 Å². The zero-order valence-corrected chi connectivity index (χ0v) is 7.78. The minimum atomic E-state index is 0.0291. The van der Waals surface area contributed by atoms with Crippen molar-refractivity contribution in [2.45, 2.75) is 31.7 Å². The third-order valence-corrected chi connectivity index (χ3v) is 2.20. The van der Waals surface area contributed by atoms with Crippen LogP contribution < -0.4 is 0 Å². The van der Waals surface area contributed by atoms with E-state index in [9.17, 15) is 4.79 Å². The number of hydrogen-bond donors (Lipinski definition) is 2. The Bertz CT molecular complexity index is 168. The average molecular weight is 187 g/mol. The second-order valence-corrected chi connectivity index (χ2v) is 3.37. The van der Waals surface area contributed by atoms with E-state index in [1.54, 1.807) is 4.90 Å². The molecule has 1 saturated carbocycles. The van der Waals surface area contributed by atoms with Crippen LogP contribution in [0.2, 0.25) is 0 Å². The van der Waals surface area contributed by atoms with Crippen molar-refractivity contribution in [1.82, 2.24) is 4.90 Å². The Morgan fingerprint density at radius 1 is 1.31 bits per heavy atom. The second kappa shape index (κ2) is 5.19. The summed E-state index contributed by atoms with van der Waals surface area (Å²) in [7, 11) is 0. The molecule has 1 aliphatic carbocycles. The number of amides is 1. The zero-order chi connectivity index (χ0) is 9.68. The van der Waals surface area contributed by atoms with Gasteiger partial charge in [-0.05, 0) is 19.3 Å². The SMILES string of the molecule is O=C(CCCO)N(CCO)C1CC1. The molecule has 4 heteroatoms. The van der Waals surface area contributed by atoms with Gasteiger partial charge in [0.15, 0.2) is 0 Å². The van der Waals surface area contributed by atoms with Gasteiger partial charge in [-0.15, -0.1) is 0 Å². The van der Waals surface area contributed by atoms with Crippen LogP contribution in [0.4, 0.5) is 0 Å². The molecular formula is C9H17NO3. The summed E-state index contributed by atoms with van der Waals surface area (Å²) in [5, 5.41) is 17.3. The number of aliphatic hydroxyl groups is 2. The van der Waals surface area contributed by atoms with Crippen LogP contribution in [0, 0.1) is 0 Å². The van der Waals surface area contributed by atoms with E-state index in [1.807, 2.05) is 0 Å². The molecule has 76 valence electrons. The Morgan fingerprint density at radius 3 is 2.46 bits per heavy atom. The first-order valence-electron chi connectivity index (χ1n) is 4.80. The van der Waals surface area contributed by atoms with E-state index in [-0.39, 0.29) is 19.1 Å². The van der Waals surface area contributed by atoms with Gasteiger partial charge in [0, 0.05) is 25.6 Å². The van der Waals surface area contributed by atoms with Crippen molar-refractivity contribution in [2.24, 2.45) is 0 Å². The number of nitrogens with zero attached hydrogens (tertiary/aromatic N) is 1. The van der Waals surface area contributed by atoms with Gasteiger partial charge in [-0.2, -0.15) is 0 Å². The van der Waals surface area contributed by atoms with Crippen LogP contribution in [-0.4, -0.2) is 46.8 Å². The summed E-state index contributed by atoms with van der Waals surface area (Å²) >= 11 is 0. The van der Waals surface area contributed by atoms with Gasteiger partial charge in [-0.3, -0.25) is 4.79 Å². The Hall–Kier alpha value is -0.610. The Morgan fingerprint density at radius 2 is 2.00 bits per heavy atom. The summed E-state index contributed by atoms with van der Waals surface area (Å²) in [6.45, 7) is 0.527. The molecule has 1 amide bonds. The molecule has 0 bridgehead atoms. The topological polar surface area (TPSA) is 60.8 Å². The quantitative estimate of drug-likeness (QED) is 0.602. The molecule has 0 aromatic heterocycles. The van der Waals surface area contributed by atoms with Gasteiger partial charge in [0.25, 0.3) is 0 Å². The molecule has 1 aliphatic rings. The summed E-state index contributed by atoms with van der Waals surface area (Å²) in [6.07, 6.45) is 3.04. The highest BCUT2D eigenvalue weighted by Gasteiger charge is 2.31. The van der Waals surface area contributed by atoms with Crippen molar-refractivity contribution in [3.63, 3.8) is 0 Å². The highest BCUT2D eigenvalue weighted by Crippen LogP contribution is 2.27. The fourth-order valence-electron chi connectivity index (χ4n) is 1.38. The molecular weight excluding hydrogens is 170 g/mol. The predicted octanol–water partition coefficient (Wildman–Crippen LogP) is -0.258. The van der Waals surface area contributed by atoms with Crippen molar-refractivity contribution in [1.29, 1.82) is 0 Å². The van der Waals surface area contributed by atoms with E-state index in [4.69, 9.17) is 10.2 Å².